The van der Waals surface area contributed by atoms with Crippen molar-refractivity contribution in [3.63, 3.8) is 0 Å². The first-order valence-corrected chi connectivity index (χ1v) is 8.56. The van der Waals surface area contributed by atoms with Crippen molar-refractivity contribution in [2.24, 2.45) is 5.73 Å². The summed E-state index contributed by atoms with van der Waals surface area (Å²) in [4.78, 5) is 1.51. The third-order valence-corrected chi connectivity index (χ3v) is 4.79. The molecule has 7 heteroatoms. The first-order valence-electron chi connectivity index (χ1n) is 8.18. The van der Waals surface area contributed by atoms with Crippen LogP contribution in [0.25, 0.3) is 0 Å². The summed E-state index contributed by atoms with van der Waals surface area (Å²) in [6.45, 7) is 1.79. The third-order valence-electron chi connectivity index (χ3n) is 4.56. The van der Waals surface area contributed by atoms with Crippen LogP contribution in [-0.2, 0) is 0 Å². The van der Waals surface area contributed by atoms with Crippen molar-refractivity contribution in [2.75, 3.05) is 4.90 Å². The Labute approximate surface area is 160 Å². The first kappa shape index (κ1) is 17.1. The Morgan fingerprint density at radius 1 is 1.26 bits per heavy atom. The number of aryl methyl sites for hydroxylation is 1. The largest absolute Gasteiger partial charge is 0.384 e. The lowest BCUT2D eigenvalue weighted by atomic mass is 9.82. The maximum atomic E-state index is 13.8. The maximum Gasteiger partial charge on any atom is 0.241 e. The highest BCUT2D eigenvalue weighted by molar-refractivity contribution is 6.30. The molecule has 1 atom stereocenters. The van der Waals surface area contributed by atoms with Gasteiger partial charge >= 0.3 is 0 Å². The summed E-state index contributed by atoms with van der Waals surface area (Å²) in [5.74, 6) is -0.371. The van der Waals surface area contributed by atoms with Crippen molar-refractivity contribution in [2.45, 2.75) is 12.8 Å². The number of anilines is 2. The highest BCUT2D eigenvalue weighted by Crippen LogP contribution is 2.47. The van der Waals surface area contributed by atoms with Crippen LogP contribution < -0.4 is 10.6 Å². The molecule has 0 saturated carbocycles. The zero-order chi connectivity index (χ0) is 19.1. The SMILES string of the molecule is Cc1noc2c1C(c1cccc(Cl)c1)C(C#N)=C(N)N2c1cccc(F)c1. The minimum Gasteiger partial charge on any atom is -0.384 e. The number of rotatable bonds is 2. The van der Waals surface area contributed by atoms with Gasteiger partial charge in [-0.2, -0.15) is 5.26 Å². The molecule has 1 aliphatic heterocycles. The van der Waals surface area contributed by atoms with E-state index in [1.54, 1.807) is 31.2 Å². The highest BCUT2D eigenvalue weighted by Gasteiger charge is 2.38. The predicted molar refractivity (Wildman–Crippen MR) is 99.9 cm³/mol. The van der Waals surface area contributed by atoms with Gasteiger partial charge in [-0.05, 0) is 42.8 Å². The van der Waals surface area contributed by atoms with Gasteiger partial charge in [-0.15, -0.1) is 0 Å². The molecule has 0 fully saturated rings. The van der Waals surface area contributed by atoms with E-state index >= 15 is 0 Å². The first-order chi connectivity index (χ1) is 13.0. The number of halogens is 2. The fourth-order valence-electron chi connectivity index (χ4n) is 3.39. The maximum absolute atomic E-state index is 13.8. The molecule has 1 unspecified atom stereocenters. The summed E-state index contributed by atoms with van der Waals surface area (Å²) in [7, 11) is 0. The Bertz CT molecular complexity index is 1120. The lowest BCUT2D eigenvalue weighted by Crippen LogP contribution is -2.31. The van der Waals surface area contributed by atoms with E-state index in [2.05, 4.69) is 11.2 Å². The smallest absolute Gasteiger partial charge is 0.241 e. The molecular weight excluding hydrogens is 367 g/mol. The van der Waals surface area contributed by atoms with Crippen molar-refractivity contribution in [3.8, 4) is 6.07 Å². The zero-order valence-corrected chi connectivity index (χ0v) is 15.0. The standard InChI is InChI=1S/C20H14ClFN4O/c1-11-17-18(12-4-2-5-13(21)8-12)16(10-23)19(24)26(20(17)27-25-11)15-7-3-6-14(22)9-15/h2-9,18H,24H2,1H3. The number of nitriles is 1. The van der Waals surface area contributed by atoms with Gasteiger partial charge in [0.25, 0.3) is 0 Å². The molecule has 5 nitrogen and oxygen atoms in total. The Kier molecular flexibility index (Phi) is 4.09. The monoisotopic (exact) mass is 380 g/mol. The minimum absolute atomic E-state index is 0.164. The summed E-state index contributed by atoms with van der Waals surface area (Å²) in [5, 5.41) is 14.5. The lowest BCUT2D eigenvalue weighted by Gasteiger charge is -2.32. The lowest BCUT2D eigenvalue weighted by molar-refractivity contribution is 0.420. The van der Waals surface area contributed by atoms with Crippen LogP contribution in [-0.4, -0.2) is 5.16 Å². The Morgan fingerprint density at radius 2 is 2.04 bits per heavy atom. The fourth-order valence-corrected chi connectivity index (χ4v) is 3.59. The zero-order valence-electron chi connectivity index (χ0n) is 14.3. The summed E-state index contributed by atoms with van der Waals surface area (Å²) >= 11 is 6.15. The number of hydrogen-bond acceptors (Lipinski definition) is 5. The van der Waals surface area contributed by atoms with E-state index in [1.807, 2.05) is 12.1 Å². The van der Waals surface area contributed by atoms with Gasteiger partial charge in [0.15, 0.2) is 0 Å². The predicted octanol–water partition coefficient (Wildman–Crippen LogP) is 4.75. The normalized spacial score (nSPS) is 16.2. The number of nitrogens with zero attached hydrogens (tertiary/aromatic N) is 3. The van der Waals surface area contributed by atoms with E-state index in [-0.39, 0.29) is 5.82 Å². The van der Waals surface area contributed by atoms with Crippen molar-refractivity contribution >= 4 is 23.2 Å². The summed E-state index contributed by atoms with van der Waals surface area (Å²) in [6.07, 6.45) is 0. The summed E-state index contributed by atoms with van der Waals surface area (Å²) in [6, 6.07) is 15.3. The number of hydrogen-bond donors (Lipinski definition) is 1. The summed E-state index contributed by atoms with van der Waals surface area (Å²) in [5.41, 5.74) is 9.23. The van der Waals surface area contributed by atoms with Gasteiger partial charge in [-0.3, -0.25) is 4.90 Å². The van der Waals surface area contributed by atoms with Crippen LogP contribution in [0.4, 0.5) is 16.0 Å². The molecule has 0 spiro atoms. The number of fused-ring (bicyclic) bond motifs is 1. The quantitative estimate of drug-likeness (QED) is 0.693. The molecule has 1 aromatic heterocycles. The van der Waals surface area contributed by atoms with Gasteiger partial charge in [-0.25, -0.2) is 4.39 Å². The molecule has 2 N–H and O–H groups in total. The third kappa shape index (κ3) is 2.73. The second-order valence-electron chi connectivity index (χ2n) is 6.20. The molecule has 27 heavy (non-hydrogen) atoms. The molecule has 0 aliphatic carbocycles. The average molecular weight is 381 g/mol. The summed E-state index contributed by atoms with van der Waals surface area (Å²) < 4.78 is 19.3. The van der Waals surface area contributed by atoms with Gasteiger partial charge < -0.3 is 10.3 Å². The van der Waals surface area contributed by atoms with Crippen molar-refractivity contribution in [1.82, 2.24) is 5.16 Å². The molecule has 4 rings (SSSR count). The van der Waals surface area contributed by atoms with Crippen LogP contribution in [0.3, 0.4) is 0 Å². The van der Waals surface area contributed by atoms with Gasteiger partial charge in [0, 0.05) is 5.02 Å². The van der Waals surface area contributed by atoms with E-state index in [4.69, 9.17) is 21.9 Å². The molecule has 2 aromatic carbocycles. The molecule has 1 aliphatic rings. The van der Waals surface area contributed by atoms with Crippen molar-refractivity contribution < 1.29 is 8.91 Å². The average Bonchev–Trinajstić information content (AvgIpc) is 3.01. The molecule has 0 saturated heterocycles. The molecule has 2 heterocycles. The van der Waals surface area contributed by atoms with E-state index in [0.717, 1.165) is 5.56 Å². The number of nitrogens with two attached hydrogens (primary N) is 1. The second kappa shape index (κ2) is 6.45. The van der Waals surface area contributed by atoms with E-state index in [9.17, 15) is 9.65 Å². The van der Waals surface area contributed by atoms with E-state index in [0.29, 0.717) is 33.4 Å². The molecular formula is C20H14ClFN4O. The van der Waals surface area contributed by atoms with Crippen LogP contribution in [0.1, 0.15) is 22.7 Å². The number of benzene rings is 2. The van der Waals surface area contributed by atoms with Crippen LogP contribution in [0.15, 0.2) is 64.4 Å². The van der Waals surface area contributed by atoms with E-state index in [1.165, 1.54) is 17.0 Å². The van der Waals surface area contributed by atoms with Gasteiger partial charge in [0.2, 0.25) is 5.88 Å². The van der Waals surface area contributed by atoms with Gasteiger partial charge in [0.05, 0.1) is 34.5 Å². The van der Waals surface area contributed by atoms with Crippen LogP contribution >= 0.6 is 11.6 Å². The fraction of sp³-hybridized carbons (Fsp3) is 0.100. The Morgan fingerprint density at radius 3 is 2.74 bits per heavy atom. The Balaban J connectivity index is 1.99. The van der Waals surface area contributed by atoms with Crippen LogP contribution in [0.5, 0.6) is 0 Å². The number of aromatic nitrogens is 1. The second-order valence-corrected chi connectivity index (χ2v) is 6.64. The number of allylic oxidation sites excluding steroid dienone is 1. The molecule has 0 radical (unpaired) electrons. The van der Waals surface area contributed by atoms with Crippen LogP contribution in [0, 0.1) is 24.1 Å². The Hall–Kier alpha value is -3.30. The topological polar surface area (TPSA) is 79.1 Å². The molecule has 134 valence electrons. The van der Waals surface area contributed by atoms with Crippen LogP contribution in [0.2, 0.25) is 5.02 Å². The highest BCUT2D eigenvalue weighted by atomic mass is 35.5. The van der Waals surface area contributed by atoms with Crippen molar-refractivity contribution in [3.05, 3.63) is 87.6 Å². The van der Waals surface area contributed by atoms with Gasteiger partial charge in [0.1, 0.15) is 11.6 Å². The molecule has 0 amide bonds. The van der Waals surface area contributed by atoms with E-state index < -0.39 is 11.7 Å². The molecule has 3 aromatic rings. The van der Waals surface area contributed by atoms with Gasteiger partial charge in [-0.1, -0.05) is 35.0 Å². The minimum atomic E-state index is -0.472. The molecule has 0 bridgehead atoms. The van der Waals surface area contributed by atoms with Crippen molar-refractivity contribution in [1.29, 1.82) is 5.26 Å².